The van der Waals surface area contributed by atoms with Gasteiger partial charge in [-0.05, 0) is 12.1 Å². The average Bonchev–Trinajstić information content (AvgIpc) is 2.58. The van der Waals surface area contributed by atoms with Gasteiger partial charge in [-0.1, -0.05) is 18.2 Å². The Labute approximate surface area is 145 Å². The van der Waals surface area contributed by atoms with Crippen LogP contribution in [0.1, 0.15) is 6.92 Å². The molecular weight excluding hydrogens is 326 g/mol. The predicted molar refractivity (Wildman–Crippen MR) is 96.4 cm³/mol. The molecule has 0 fully saturated rings. The van der Waals surface area contributed by atoms with Gasteiger partial charge >= 0.3 is 6.09 Å². The molecule has 6 N–H and O–H groups in total. The highest BCUT2D eigenvalue weighted by Gasteiger charge is 2.14. The number of hydrogen-bond acceptors (Lipinski definition) is 7. The molecule has 0 unspecified atom stereocenters. The fourth-order valence-electron chi connectivity index (χ4n) is 1.62. The lowest BCUT2D eigenvalue weighted by Gasteiger charge is -2.12. The van der Waals surface area contributed by atoms with E-state index in [9.17, 15) is 9.59 Å². The number of pyridine rings is 1. The van der Waals surface area contributed by atoms with E-state index in [4.69, 9.17) is 16.2 Å². The van der Waals surface area contributed by atoms with Gasteiger partial charge in [0.2, 0.25) is 5.91 Å². The molecule has 0 atom stereocenters. The topological polar surface area (TPSA) is 142 Å². The Morgan fingerprint density at radius 1 is 1.04 bits per heavy atom. The van der Waals surface area contributed by atoms with Crippen LogP contribution in [0.25, 0.3) is 0 Å². The molecule has 1 aromatic heterocycles. The molecule has 0 aliphatic carbocycles. The molecule has 9 nitrogen and oxygen atoms in total. The van der Waals surface area contributed by atoms with Crippen molar-refractivity contribution in [2.75, 3.05) is 36.3 Å². The van der Waals surface area contributed by atoms with Gasteiger partial charge in [-0.2, -0.15) is 0 Å². The molecule has 1 aromatic carbocycles. The molecule has 25 heavy (non-hydrogen) atoms. The fourth-order valence-corrected chi connectivity index (χ4v) is 1.62. The van der Waals surface area contributed by atoms with E-state index < -0.39 is 6.09 Å². The minimum Gasteiger partial charge on any atom is -0.493 e. The third-order valence-electron chi connectivity index (χ3n) is 2.74. The van der Waals surface area contributed by atoms with Crippen LogP contribution in [-0.4, -0.2) is 31.2 Å². The van der Waals surface area contributed by atoms with E-state index >= 15 is 0 Å². The second-order valence-corrected chi connectivity index (χ2v) is 4.69. The molecule has 0 spiro atoms. The molecule has 0 saturated carbocycles. The van der Waals surface area contributed by atoms with Crippen molar-refractivity contribution in [3.05, 3.63) is 36.4 Å². The second-order valence-electron chi connectivity index (χ2n) is 4.69. The maximum Gasteiger partial charge on any atom is 0.412 e. The van der Waals surface area contributed by atoms with Crippen molar-refractivity contribution in [1.82, 2.24) is 4.98 Å². The first-order chi connectivity index (χ1) is 11.9. The maximum absolute atomic E-state index is 11.1. The van der Waals surface area contributed by atoms with Gasteiger partial charge in [-0.25, -0.2) is 9.78 Å². The van der Waals surface area contributed by atoms with Crippen molar-refractivity contribution < 1.29 is 19.1 Å². The van der Waals surface area contributed by atoms with Gasteiger partial charge in [0.15, 0.2) is 17.4 Å². The molecule has 1 heterocycles. The van der Waals surface area contributed by atoms with Gasteiger partial charge in [0.1, 0.15) is 0 Å². The zero-order valence-corrected chi connectivity index (χ0v) is 14.2. The first-order valence-electron chi connectivity index (χ1n) is 7.15. The number of nitrogens with zero attached hydrogens (tertiary/aromatic N) is 1. The number of nitrogens with one attached hydrogen (secondary N) is 2. The Bertz CT molecular complexity index is 722. The SMILES string of the molecule is COC(=O)Nc1nc(NC(C)=O)c(N)cc1OC.Nc1ccccc1. The third-order valence-corrected chi connectivity index (χ3v) is 2.74. The molecule has 0 saturated heterocycles. The number of amides is 2. The van der Waals surface area contributed by atoms with Crippen molar-refractivity contribution in [3.63, 3.8) is 0 Å². The Morgan fingerprint density at radius 2 is 1.68 bits per heavy atom. The van der Waals surface area contributed by atoms with Crippen LogP contribution in [0.4, 0.5) is 27.8 Å². The first kappa shape index (κ1) is 19.6. The van der Waals surface area contributed by atoms with Crippen molar-refractivity contribution in [2.45, 2.75) is 6.92 Å². The van der Waals surface area contributed by atoms with E-state index in [1.165, 1.54) is 27.2 Å². The zero-order chi connectivity index (χ0) is 18.8. The summed E-state index contributed by atoms with van der Waals surface area (Å²) < 4.78 is 9.45. The predicted octanol–water partition coefficient (Wildman–Crippen LogP) is 2.08. The molecule has 0 bridgehead atoms. The largest absolute Gasteiger partial charge is 0.493 e. The number of nitrogens with two attached hydrogens (primary N) is 2. The maximum atomic E-state index is 11.1. The Kier molecular flexibility index (Phi) is 7.51. The molecule has 0 aliphatic heterocycles. The van der Waals surface area contributed by atoms with Gasteiger partial charge in [-0.3, -0.25) is 10.1 Å². The summed E-state index contributed by atoms with van der Waals surface area (Å²) in [5.74, 6) is 0.160. The van der Waals surface area contributed by atoms with Gasteiger partial charge in [0.05, 0.1) is 19.9 Å². The molecule has 0 radical (unpaired) electrons. The van der Waals surface area contributed by atoms with Crippen molar-refractivity contribution in [3.8, 4) is 5.75 Å². The van der Waals surface area contributed by atoms with Gasteiger partial charge < -0.3 is 26.3 Å². The van der Waals surface area contributed by atoms with Crippen LogP contribution in [0.15, 0.2) is 36.4 Å². The normalized spacial score (nSPS) is 9.24. The number of para-hydroxylation sites is 1. The van der Waals surface area contributed by atoms with Crippen LogP contribution in [0.5, 0.6) is 5.75 Å². The van der Waals surface area contributed by atoms with E-state index in [1.54, 1.807) is 0 Å². The number of benzene rings is 1. The molecule has 2 amide bonds. The minimum absolute atomic E-state index is 0.0994. The number of carbonyl (C=O) groups is 2. The standard InChI is InChI=1S/C10H14N4O4.C6H7N/c1-5(15)12-8-6(11)4-7(17-2)9(13-8)14-10(16)18-3;7-6-4-2-1-3-5-6/h4H,11H2,1-3H3,(H2,12,13,14,15,16);1-5H,7H2. The number of carbonyl (C=O) groups excluding carboxylic acids is 2. The van der Waals surface area contributed by atoms with Gasteiger partial charge in [0, 0.05) is 18.7 Å². The number of rotatable bonds is 3. The van der Waals surface area contributed by atoms with E-state index in [-0.39, 0.29) is 29.0 Å². The number of nitrogen functional groups attached to an aromatic ring is 2. The average molecular weight is 347 g/mol. The van der Waals surface area contributed by atoms with E-state index in [0.717, 1.165) is 5.69 Å². The van der Waals surface area contributed by atoms with Crippen LogP contribution >= 0.6 is 0 Å². The number of methoxy groups -OCH3 is 2. The monoisotopic (exact) mass is 347 g/mol. The number of aromatic nitrogens is 1. The summed E-state index contributed by atoms with van der Waals surface area (Å²) in [4.78, 5) is 26.1. The summed E-state index contributed by atoms with van der Waals surface area (Å²) in [6, 6.07) is 10.9. The fraction of sp³-hybridized carbons (Fsp3) is 0.188. The quantitative estimate of drug-likeness (QED) is 0.623. The van der Waals surface area contributed by atoms with Crippen LogP contribution in [-0.2, 0) is 9.53 Å². The third kappa shape index (κ3) is 6.65. The Hall–Kier alpha value is -3.49. The summed E-state index contributed by atoms with van der Waals surface area (Å²) >= 11 is 0. The zero-order valence-electron chi connectivity index (χ0n) is 14.2. The smallest absolute Gasteiger partial charge is 0.412 e. The van der Waals surface area contributed by atoms with Crippen LogP contribution in [0, 0.1) is 0 Å². The van der Waals surface area contributed by atoms with E-state index in [0.29, 0.717) is 0 Å². The molecule has 2 aromatic rings. The summed E-state index contributed by atoms with van der Waals surface area (Å²) in [5.41, 5.74) is 12.1. The lowest BCUT2D eigenvalue weighted by atomic mass is 10.3. The Morgan fingerprint density at radius 3 is 2.12 bits per heavy atom. The first-order valence-corrected chi connectivity index (χ1v) is 7.15. The minimum atomic E-state index is -0.709. The molecule has 0 aliphatic rings. The summed E-state index contributed by atoms with van der Waals surface area (Å²) in [7, 11) is 2.62. The number of hydrogen-bond donors (Lipinski definition) is 4. The highest BCUT2D eigenvalue weighted by Crippen LogP contribution is 2.29. The lowest BCUT2D eigenvalue weighted by Crippen LogP contribution is -2.16. The second kappa shape index (κ2) is 9.60. The number of ether oxygens (including phenoxy) is 2. The molecule has 134 valence electrons. The summed E-state index contributed by atoms with van der Waals surface area (Å²) in [5, 5.41) is 4.78. The van der Waals surface area contributed by atoms with Crippen molar-refractivity contribution in [1.29, 1.82) is 0 Å². The van der Waals surface area contributed by atoms with Crippen LogP contribution in [0.3, 0.4) is 0 Å². The van der Waals surface area contributed by atoms with Gasteiger partial charge in [-0.15, -0.1) is 0 Å². The lowest BCUT2D eigenvalue weighted by molar-refractivity contribution is -0.114. The highest BCUT2D eigenvalue weighted by molar-refractivity contribution is 5.93. The van der Waals surface area contributed by atoms with Gasteiger partial charge in [0.25, 0.3) is 0 Å². The van der Waals surface area contributed by atoms with E-state index in [2.05, 4.69) is 20.4 Å². The summed E-state index contributed by atoms with van der Waals surface area (Å²) in [6.07, 6.45) is -0.709. The Balaban J connectivity index is 0.000000370. The van der Waals surface area contributed by atoms with E-state index in [1.807, 2.05) is 30.3 Å². The molecule has 9 heteroatoms. The molecular formula is C16H21N5O4. The molecule has 2 rings (SSSR count). The highest BCUT2D eigenvalue weighted by atomic mass is 16.5. The van der Waals surface area contributed by atoms with Crippen molar-refractivity contribution >= 4 is 35.0 Å². The number of anilines is 4. The van der Waals surface area contributed by atoms with Crippen LogP contribution in [0.2, 0.25) is 0 Å². The van der Waals surface area contributed by atoms with Crippen molar-refractivity contribution in [2.24, 2.45) is 0 Å². The summed E-state index contributed by atoms with van der Waals surface area (Å²) in [6.45, 7) is 1.32. The van der Waals surface area contributed by atoms with Crippen LogP contribution < -0.4 is 26.8 Å².